The molecule has 0 amide bonds. The number of fused-ring (bicyclic) bond motifs is 1. The Morgan fingerprint density at radius 1 is 1.05 bits per heavy atom. The second-order valence-electron chi connectivity index (χ2n) is 9.22. The highest BCUT2D eigenvalue weighted by Crippen LogP contribution is 2.33. The summed E-state index contributed by atoms with van der Waals surface area (Å²) in [7, 11) is -3.40. The second-order valence-corrected chi connectivity index (χ2v) is 10.9. The van der Waals surface area contributed by atoms with Crippen LogP contribution in [-0.4, -0.2) is 52.2 Å². The second kappa shape index (κ2) is 10.5. The van der Waals surface area contributed by atoms with Gasteiger partial charge in [0.05, 0.1) is 5.69 Å². The van der Waals surface area contributed by atoms with Gasteiger partial charge in [0.25, 0.3) is 0 Å². The number of rotatable bonds is 8. The van der Waals surface area contributed by atoms with Crippen LogP contribution in [0.3, 0.4) is 0 Å². The van der Waals surface area contributed by atoms with E-state index >= 15 is 0 Å². The molecule has 3 heterocycles. The molecule has 1 unspecified atom stereocenters. The Morgan fingerprint density at radius 3 is 2.41 bits per heavy atom. The van der Waals surface area contributed by atoms with Crippen LogP contribution < -0.4 is 10.5 Å². The van der Waals surface area contributed by atoms with Crippen LogP contribution in [0.5, 0.6) is 0 Å². The molecular formula is C27H30N6O3S. The number of aromatic nitrogens is 3. The van der Waals surface area contributed by atoms with Gasteiger partial charge < -0.3 is 10.8 Å². The molecule has 4 N–H and O–H groups in total. The molecule has 9 nitrogen and oxygen atoms in total. The summed E-state index contributed by atoms with van der Waals surface area (Å²) in [4.78, 5) is 7.19. The van der Waals surface area contributed by atoms with Gasteiger partial charge in [-0.05, 0) is 30.5 Å². The smallest absolute Gasteiger partial charge is 0.233 e. The molecule has 1 aliphatic heterocycles. The SMILES string of the molecule is C=CS(=O)(=O)NC1CCN(Cc2ccc(-c3nc4ccc(C(N)O)nn4c3-c3ccccc3)cc2)CC1. The lowest BCUT2D eigenvalue weighted by atomic mass is 10.0. The number of sulfonamides is 1. The van der Waals surface area contributed by atoms with Gasteiger partial charge in [0.2, 0.25) is 10.0 Å². The predicted octanol–water partition coefficient (Wildman–Crippen LogP) is 3.04. The zero-order valence-electron chi connectivity index (χ0n) is 20.4. The molecule has 0 saturated carbocycles. The third-order valence-electron chi connectivity index (χ3n) is 6.62. The van der Waals surface area contributed by atoms with Gasteiger partial charge in [-0.1, -0.05) is 61.2 Å². The quantitative estimate of drug-likeness (QED) is 0.306. The summed E-state index contributed by atoms with van der Waals surface area (Å²) in [5, 5.41) is 15.4. The average Bonchev–Trinajstić information content (AvgIpc) is 3.29. The Kier molecular flexibility index (Phi) is 7.18. The molecule has 1 fully saturated rings. The van der Waals surface area contributed by atoms with E-state index in [9.17, 15) is 13.5 Å². The minimum absolute atomic E-state index is 0.0532. The molecule has 192 valence electrons. The molecule has 1 saturated heterocycles. The van der Waals surface area contributed by atoms with Crippen LogP contribution in [0, 0.1) is 0 Å². The summed E-state index contributed by atoms with van der Waals surface area (Å²) < 4.78 is 27.9. The first-order valence-electron chi connectivity index (χ1n) is 12.2. The van der Waals surface area contributed by atoms with Crippen LogP contribution in [0.1, 0.15) is 30.3 Å². The standard InChI is InChI=1S/C27H30N6O3S/c1-2-37(35,36)31-22-14-16-32(17-15-22)18-19-8-10-20(11-9-19)25-26(21-6-4-3-5-7-21)33-24(29-25)13-12-23(30-33)27(28)34/h2-13,22,27,31,34H,1,14-18,28H2. The number of piperidine rings is 1. The lowest BCUT2D eigenvalue weighted by Gasteiger charge is -2.32. The number of hydrogen-bond acceptors (Lipinski definition) is 7. The number of benzene rings is 2. The molecule has 0 aliphatic carbocycles. The van der Waals surface area contributed by atoms with E-state index in [2.05, 4.69) is 45.6 Å². The van der Waals surface area contributed by atoms with Gasteiger partial charge >= 0.3 is 0 Å². The van der Waals surface area contributed by atoms with Crippen LogP contribution in [0.4, 0.5) is 0 Å². The Bertz CT molecular complexity index is 1490. The molecule has 0 bridgehead atoms. The Morgan fingerprint density at radius 2 is 1.76 bits per heavy atom. The van der Waals surface area contributed by atoms with E-state index in [4.69, 9.17) is 10.7 Å². The third kappa shape index (κ3) is 5.63. The number of nitrogens with two attached hydrogens (primary N) is 1. The average molecular weight is 519 g/mol. The number of hydrogen-bond donors (Lipinski definition) is 3. The van der Waals surface area contributed by atoms with Gasteiger partial charge in [-0.3, -0.25) is 4.90 Å². The summed E-state index contributed by atoms with van der Waals surface area (Å²) in [6, 6.07) is 21.7. The summed E-state index contributed by atoms with van der Waals surface area (Å²) in [5.41, 5.74) is 11.4. The molecular weight excluding hydrogens is 488 g/mol. The number of likely N-dealkylation sites (tertiary alicyclic amines) is 1. The highest BCUT2D eigenvalue weighted by molar-refractivity contribution is 7.92. The van der Waals surface area contributed by atoms with Crippen molar-refractivity contribution in [2.24, 2.45) is 5.73 Å². The normalized spacial score (nSPS) is 16.2. The van der Waals surface area contributed by atoms with Crippen LogP contribution in [-0.2, 0) is 16.6 Å². The molecule has 0 radical (unpaired) electrons. The monoisotopic (exact) mass is 518 g/mol. The van der Waals surface area contributed by atoms with Crippen molar-refractivity contribution >= 4 is 15.7 Å². The molecule has 1 atom stereocenters. The minimum atomic E-state index is -3.40. The van der Waals surface area contributed by atoms with Crippen molar-refractivity contribution in [2.45, 2.75) is 31.7 Å². The maximum Gasteiger partial charge on any atom is 0.233 e. The fourth-order valence-electron chi connectivity index (χ4n) is 4.68. The highest BCUT2D eigenvalue weighted by atomic mass is 32.2. The van der Waals surface area contributed by atoms with Gasteiger partial charge in [-0.15, -0.1) is 0 Å². The van der Waals surface area contributed by atoms with Gasteiger partial charge in [0.1, 0.15) is 17.6 Å². The van der Waals surface area contributed by atoms with E-state index in [0.717, 1.165) is 60.4 Å². The Balaban J connectivity index is 1.37. The molecule has 1 aliphatic rings. The van der Waals surface area contributed by atoms with E-state index in [1.807, 2.05) is 36.4 Å². The maximum atomic E-state index is 11.7. The van der Waals surface area contributed by atoms with Crippen molar-refractivity contribution in [3.63, 3.8) is 0 Å². The predicted molar refractivity (Wildman–Crippen MR) is 144 cm³/mol. The first kappa shape index (κ1) is 25.2. The first-order chi connectivity index (χ1) is 17.8. The van der Waals surface area contributed by atoms with Crippen molar-refractivity contribution in [1.82, 2.24) is 24.2 Å². The maximum absolute atomic E-state index is 11.7. The Labute approximate surface area is 216 Å². The van der Waals surface area contributed by atoms with E-state index in [-0.39, 0.29) is 6.04 Å². The van der Waals surface area contributed by atoms with Crippen LogP contribution in [0.2, 0.25) is 0 Å². The third-order valence-corrected chi connectivity index (χ3v) is 7.72. The summed E-state index contributed by atoms with van der Waals surface area (Å²) in [6.07, 6.45) is 0.351. The molecule has 10 heteroatoms. The number of imidazole rings is 1. The summed E-state index contributed by atoms with van der Waals surface area (Å²) >= 11 is 0. The fourth-order valence-corrected chi connectivity index (χ4v) is 5.47. The van der Waals surface area contributed by atoms with E-state index in [1.54, 1.807) is 10.6 Å². The van der Waals surface area contributed by atoms with Crippen LogP contribution >= 0.6 is 0 Å². The topological polar surface area (TPSA) is 126 Å². The molecule has 2 aromatic heterocycles. The zero-order valence-corrected chi connectivity index (χ0v) is 21.2. The van der Waals surface area contributed by atoms with Crippen LogP contribution in [0.25, 0.3) is 28.2 Å². The largest absolute Gasteiger partial charge is 0.373 e. The van der Waals surface area contributed by atoms with E-state index in [1.165, 1.54) is 5.56 Å². The van der Waals surface area contributed by atoms with Gasteiger partial charge in [-0.2, -0.15) is 5.10 Å². The zero-order chi connectivity index (χ0) is 26.0. The number of aliphatic hydroxyl groups is 1. The summed E-state index contributed by atoms with van der Waals surface area (Å²) in [6.45, 7) is 5.78. The summed E-state index contributed by atoms with van der Waals surface area (Å²) in [5.74, 6) is 0. The van der Waals surface area contributed by atoms with Crippen molar-refractivity contribution in [3.8, 4) is 22.5 Å². The van der Waals surface area contributed by atoms with E-state index in [0.29, 0.717) is 11.3 Å². The lowest BCUT2D eigenvalue weighted by Crippen LogP contribution is -2.43. The number of nitrogens with zero attached hydrogens (tertiary/aromatic N) is 4. The van der Waals surface area contributed by atoms with Crippen LogP contribution in [0.15, 0.2) is 78.7 Å². The minimum Gasteiger partial charge on any atom is -0.373 e. The number of nitrogens with one attached hydrogen (secondary N) is 1. The van der Waals surface area contributed by atoms with Crippen molar-refractivity contribution in [3.05, 3.63) is 90.0 Å². The van der Waals surface area contributed by atoms with Crippen molar-refractivity contribution in [2.75, 3.05) is 13.1 Å². The highest BCUT2D eigenvalue weighted by Gasteiger charge is 2.23. The van der Waals surface area contributed by atoms with Crippen molar-refractivity contribution < 1.29 is 13.5 Å². The van der Waals surface area contributed by atoms with Gasteiger partial charge in [0, 0.05) is 42.2 Å². The molecule has 5 rings (SSSR count). The van der Waals surface area contributed by atoms with Gasteiger partial charge in [-0.25, -0.2) is 22.6 Å². The first-order valence-corrected chi connectivity index (χ1v) is 13.7. The molecule has 0 spiro atoms. The fraction of sp³-hybridized carbons (Fsp3) is 0.259. The molecule has 37 heavy (non-hydrogen) atoms. The lowest BCUT2D eigenvalue weighted by molar-refractivity contribution is 0.180. The number of aliphatic hydroxyl groups excluding tert-OH is 1. The molecule has 4 aromatic rings. The molecule has 2 aromatic carbocycles. The van der Waals surface area contributed by atoms with Crippen molar-refractivity contribution in [1.29, 1.82) is 0 Å². The van der Waals surface area contributed by atoms with Gasteiger partial charge in [0.15, 0.2) is 5.65 Å². The Hall–Kier alpha value is -3.41. The van der Waals surface area contributed by atoms with E-state index < -0.39 is 16.3 Å².